The van der Waals surface area contributed by atoms with Crippen molar-refractivity contribution in [2.75, 3.05) is 0 Å². The van der Waals surface area contributed by atoms with Crippen LogP contribution in [0.5, 0.6) is 0 Å². The number of benzene rings is 1. The smallest absolute Gasteiger partial charge is 0.328 e. The number of hydrogen-bond donors (Lipinski definition) is 7. The molecular formula is C23H33N5O6. The van der Waals surface area contributed by atoms with Crippen molar-refractivity contribution in [3.8, 4) is 0 Å². The molecule has 0 spiro atoms. The van der Waals surface area contributed by atoms with Gasteiger partial charge in [-0.1, -0.05) is 32.0 Å². The molecule has 0 saturated carbocycles. The van der Waals surface area contributed by atoms with E-state index in [9.17, 15) is 24.3 Å². The molecule has 11 nitrogen and oxygen atoms in total. The highest BCUT2D eigenvalue weighted by atomic mass is 16.4. The second-order valence-electron chi connectivity index (χ2n) is 8.70. The average Bonchev–Trinajstić information content (AvgIpc) is 3.17. The molecule has 186 valence electrons. The normalized spacial score (nSPS) is 15.7. The van der Waals surface area contributed by atoms with E-state index in [2.05, 4.69) is 20.9 Å². The third-order valence-electron chi connectivity index (χ3n) is 5.50. The van der Waals surface area contributed by atoms with Crippen LogP contribution in [-0.2, 0) is 25.6 Å². The Labute approximate surface area is 197 Å². The largest absolute Gasteiger partial charge is 0.480 e. The standard InChI is InChI=1S/C23H33N5O6/c1-11(2)18(22(32)28-19(13(4)29)23(33)34)27-20(30)12(3)26-21(31)16(24)9-14-10-25-17-8-6-5-7-15(14)17/h5-8,10-13,16,18-19,25,29H,9,24H2,1-4H3,(H,26,31)(H,27,30)(H,28,32)(H,33,34). The van der Waals surface area contributed by atoms with Crippen LogP contribution in [0.2, 0.25) is 0 Å². The lowest BCUT2D eigenvalue weighted by Crippen LogP contribution is -2.59. The summed E-state index contributed by atoms with van der Waals surface area (Å²) in [5.74, 6) is -3.71. The number of nitrogens with one attached hydrogen (secondary N) is 4. The Morgan fingerprint density at radius 2 is 1.56 bits per heavy atom. The first-order valence-corrected chi connectivity index (χ1v) is 11.0. The summed E-state index contributed by atoms with van der Waals surface area (Å²) in [4.78, 5) is 52.2. The van der Waals surface area contributed by atoms with E-state index in [1.807, 2.05) is 24.3 Å². The van der Waals surface area contributed by atoms with Crippen LogP contribution >= 0.6 is 0 Å². The summed E-state index contributed by atoms with van der Waals surface area (Å²) in [5.41, 5.74) is 7.86. The molecule has 5 atom stereocenters. The molecule has 0 aliphatic carbocycles. The molecular weight excluding hydrogens is 442 g/mol. The van der Waals surface area contributed by atoms with Crippen LogP contribution < -0.4 is 21.7 Å². The number of H-pyrrole nitrogens is 1. The van der Waals surface area contributed by atoms with E-state index in [1.165, 1.54) is 13.8 Å². The number of nitrogens with two attached hydrogens (primary N) is 1. The zero-order valence-electron chi connectivity index (χ0n) is 19.7. The summed E-state index contributed by atoms with van der Waals surface area (Å²) >= 11 is 0. The molecule has 0 bridgehead atoms. The van der Waals surface area contributed by atoms with E-state index in [0.717, 1.165) is 16.5 Å². The molecule has 2 aromatic rings. The molecule has 11 heteroatoms. The van der Waals surface area contributed by atoms with Crippen LogP contribution in [0.3, 0.4) is 0 Å². The maximum Gasteiger partial charge on any atom is 0.328 e. The van der Waals surface area contributed by atoms with Gasteiger partial charge in [0.05, 0.1) is 12.1 Å². The zero-order chi connectivity index (χ0) is 25.6. The number of aliphatic hydroxyl groups is 1. The minimum atomic E-state index is -1.52. The van der Waals surface area contributed by atoms with Crippen LogP contribution in [0, 0.1) is 5.92 Å². The van der Waals surface area contributed by atoms with Crippen molar-refractivity contribution in [2.45, 2.75) is 64.4 Å². The van der Waals surface area contributed by atoms with Gasteiger partial charge in [-0.3, -0.25) is 14.4 Å². The number of para-hydroxylation sites is 1. The van der Waals surface area contributed by atoms with Crippen molar-refractivity contribution in [3.63, 3.8) is 0 Å². The van der Waals surface area contributed by atoms with Crippen molar-refractivity contribution in [3.05, 3.63) is 36.0 Å². The number of hydrogen-bond acceptors (Lipinski definition) is 6. The highest BCUT2D eigenvalue weighted by molar-refractivity contribution is 5.94. The van der Waals surface area contributed by atoms with Gasteiger partial charge in [0.2, 0.25) is 17.7 Å². The van der Waals surface area contributed by atoms with Crippen molar-refractivity contribution in [1.82, 2.24) is 20.9 Å². The van der Waals surface area contributed by atoms with Gasteiger partial charge in [-0.15, -0.1) is 0 Å². The number of aliphatic hydroxyl groups excluding tert-OH is 1. The third-order valence-corrected chi connectivity index (χ3v) is 5.50. The maximum atomic E-state index is 12.6. The maximum absolute atomic E-state index is 12.6. The number of carbonyl (C=O) groups is 4. The van der Waals surface area contributed by atoms with Crippen LogP contribution in [0.25, 0.3) is 10.9 Å². The highest BCUT2D eigenvalue weighted by Crippen LogP contribution is 2.18. The summed E-state index contributed by atoms with van der Waals surface area (Å²) < 4.78 is 0. The molecule has 0 aliphatic rings. The van der Waals surface area contributed by atoms with Gasteiger partial charge in [-0.2, -0.15) is 0 Å². The molecule has 3 amide bonds. The summed E-state index contributed by atoms with van der Waals surface area (Å²) in [6.45, 7) is 6.03. The fourth-order valence-electron chi connectivity index (χ4n) is 3.46. The Morgan fingerprint density at radius 1 is 0.941 bits per heavy atom. The Kier molecular flexibility index (Phi) is 9.16. The minimum absolute atomic E-state index is 0.261. The molecule has 34 heavy (non-hydrogen) atoms. The zero-order valence-corrected chi connectivity index (χ0v) is 19.7. The van der Waals surface area contributed by atoms with E-state index in [0.29, 0.717) is 0 Å². The number of carboxylic acids is 1. The van der Waals surface area contributed by atoms with Gasteiger partial charge in [-0.25, -0.2) is 4.79 Å². The first-order chi connectivity index (χ1) is 15.9. The fourth-order valence-corrected chi connectivity index (χ4v) is 3.46. The Bertz CT molecular complexity index is 1030. The average molecular weight is 476 g/mol. The van der Waals surface area contributed by atoms with Crippen LogP contribution in [0.4, 0.5) is 0 Å². The SMILES string of the molecule is CC(NC(=O)C(N)Cc1c[nH]c2ccccc12)C(=O)NC(C(=O)NC(C(=O)O)C(C)O)C(C)C. The molecule has 0 saturated heterocycles. The van der Waals surface area contributed by atoms with E-state index in [-0.39, 0.29) is 12.3 Å². The number of aliphatic carboxylic acids is 1. The van der Waals surface area contributed by atoms with Crippen molar-refractivity contribution in [1.29, 1.82) is 0 Å². The molecule has 1 heterocycles. The lowest BCUT2D eigenvalue weighted by Gasteiger charge is -2.26. The number of rotatable bonds is 11. The highest BCUT2D eigenvalue weighted by Gasteiger charge is 2.32. The van der Waals surface area contributed by atoms with Gasteiger partial charge < -0.3 is 36.9 Å². The van der Waals surface area contributed by atoms with Crippen LogP contribution in [0.15, 0.2) is 30.5 Å². The fraction of sp³-hybridized carbons (Fsp3) is 0.478. The Morgan fingerprint density at radius 3 is 2.15 bits per heavy atom. The number of fused-ring (bicyclic) bond motifs is 1. The van der Waals surface area contributed by atoms with E-state index in [1.54, 1.807) is 20.0 Å². The molecule has 2 rings (SSSR count). The monoisotopic (exact) mass is 475 g/mol. The predicted molar refractivity (Wildman–Crippen MR) is 126 cm³/mol. The lowest BCUT2D eigenvalue weighted by molar-refractivity contribution is -0.145. The van der Waals surface area contributed by atoms with E-state index >= 15 is 0 Å². The van der Waals surface area contributed by atoms with E-state index < -0.39 is 54.0 Å². The van der Waals surface area contributed by atoms with E-state index in [4.69, 9.17) is 10.8 Å². The second-order valence-corrected chi connectivity index (χ2v) is 8.70. The van der Waals surface area contributed by atoms with Gasteiger partial charge in [0.1, 0.15) is 12.1 Å². The van der Waals surface area contributed by atoms with Crippen molar-refractivity contribution < 1.29 is 29.4 Å². The molecule has 1 aromatic heterocycles. The quantitative estimate of drug-likeness (QED) is 0.231. The van der Waals surface area contributed by atoms with Gasteiger partial charge in [-0.05, 0) is 37.8 Å². The van der Waals surface area contributed by atoms with Crippen molar-refractivity contribution >= 4 is 34.6 Å². The first-order valence-electron chi connectivity index (χ1n) is 11.0. The number of carboxylic acid groups (broad SMARTS) is 1. The molecule has 1 aromatic carbocycles. The number of carbonyl (C=O) groups excluding carboxylic acids is 3. The van der Waals surface area contributed by atoms with Gasteiger partial charge in [0, 0.05) is 17.1 Å². The Hall–Kier alpha value is -3.44. The molecule has 0 aliphatic heterocycles. The van der Waals surface area contributed by atoms with Gasteiger partial charge in [0.25, 0.3) is 0 Å². The van der Waals surface area contributed by atoms with Gasteiger partial charge >= 0.3 is 5.97 Å². The van der Waals surface area contributed by atoms with Gasteiger partial charge in [0.15, 0.2) is 6.04 Å². The molecule has 0 fully saturated rings. The minimum Gasteiger partial charge on any atom is -0.480 e. The number of aromatic nitrogens is 1. The molecule has 8 N–H and O–H groups in total. The lowest BCUT2D eigenvalue weighted by atomic mass is 10.0. The molecule has 5 unspecified atom stereocenters. The summed E-state index contributed by atoms with van der Waals surface area (Å²) in [6.07, 6.45) is 0.718. The molecule has 0 radical (unpaired) electrons. The summed E-state index contributed by atoms with van der Waals surface area (Å²) in [6, 6.07) is 3.12. The second kappa shape index (κ2) is 11.6. The first kappa shape index (κ1) is 26.8. The van der Waals surface area contributed by atoms with Crippen LogP contribution in [-0.4, -0.2) is 69.2 Å². The Balaban J connectivity index is 1.97. The third kappa shape index (κ3) is 6.78. The summed E-state index contributed by atoms with van der Waals surface area (Å²) in [7, 11) is 0. The summed E-state index contributed by atoms with van der Waals surface area (Å²) in [5, 5.41) is 27.0. The van der Waals surface area contributed by atoms with Crippen molar-refractivity contribution in [2.24, 2.45) is 11.7 Å². The topological polar surface area (TPSA) is 187 Å². The number of amides is 3. The number of aromatic amines is 1. The van der Waals surface area contributed by atoms with Crippen LogP contribution in [0.1, 0.15) is 33.3 Å². The predicted octanol–water partition coefficient (Wildman–Crippen LogP) is -0.367.